The predicted octanol–water partition coefficient (Wildman–Crippen LogP) is 2.64. The monoisotopic (exact) mass is 344 g/mol. The Bertz CT molecular complexity index is 842. The molecule has 0 atom stereocenters. The molecule has 3 aromatic rings. The first kappa shape index (κ1) is 13.8. The molecule has 0 amide bonds. The highest BCUT2D eigenvalue weighted by molar-refractivity contribution is 9.10. The van der Waals surface area contributed by atoms with E-state index in [0.29, 0.717) is 17.4 Å². The molecule has 0 aliphatic carbocycles. The molecule has 2 heterocycles. The summed E-state index contributed by atoms with van der Waals surface area (Å²) in [6.07, 6.45) is 3.33. The van der Waals surface area contributed by atoms with E-state index >= 15 is 0 Å². The average molecular weight is 345 g/mol. The molecule has 0 spiro atoms. The second kappa shape index (κ2) is 5.65. The third-order valence-corrected chi connectivity index (χ3v) is 3.71. The van der Waals surface area contributed by atoms with Gasteiger partial charge in [-0.2, -0.15) is 0 Å². The molecule has 5 nitrogen and oxygen atoms in total. The smallest absolute Gasteiger partial charge is 0.261 e. The van der Waals surface area contributed by atoms with Crippen molar-refractivity contribution in [2.75, 3.05) is 12.4 Å². The molecule has 0 radical (unpaired) electrons. The van der Waals surface area contributed by atoms with Crippen LogP contribution in [0.4, 0.5) is 5.82 Å². The van der Waals surface area contributed by atoms with E-state index < -0.39 is 0 Å². The second-order valence-electron chi connectivity index (χ2n) is 4.64. The minimum Gasteiger partial charge on any atom is -0.373 e. The van der Waals surface area contributed by atoms with Gasteiger partial charge in [0.25, 0.3) is 5.56 Å². The van der Waals surface area contributed by atoms with Gasteiger partial charge in [-0.05, 0) is 29.8 Å². The highest BCUT2D eigenvalue weighted by Gasteiger charge is 2.05. The molecule has 0 fully saturated rings. The average Bonchev–Trinajstić information content (AvgIpc) is 2.51. The van der Waals surface area contributed by atoms with Crippen LogP contribution in [0.2, 0.25) is 0 Å². The van der Waals surface area contributed by atoms with Gasteiger partial charge in [-0.15, -0.1) is 0 Å². The Morgan fingerprint density at radius 3 is 2.81 bits per heavy atom. The summed E-state index contributed by atoms with van der Waals surface area (Å²) < 4.78 is 2.46. The van der Waals surface area contributed by atoms with Gasteiger partial charge in [-0.3, -0.25) is 9.36 Å². The summed E-state index contributed by atoms with van der Waals surface area (Å²) in [6.45, 7) is 0.450. The number of benzene rings is 1. The first-order valence-corrected chi connectivity index (χ1v) is 7.24. The summed E-state index contributed by atoms with van der Waals surface area (Å²) in [4.78, 5) is 21.0. The maximum absolute atomic E-state index is 12.5. The maximum Gasteiger partial charge on any atom is 0.261 e. The molecule has 0 saturated heterocycles. The molecule has 21 heavy (non-hydrogen) atoms. The van der Waals surface area contributed by atoms with Crippen LogP contribution >= 0.6 is 15.9 Å². The van der Waals surface area contributed by atoms with Gasteiger partial charge < -0.3 is 5.32 Å². The molecular weight excluding hydrogens is 332 g/mol. The Kier molecular flexibility index (Phi) is 3.70. The fraction of sp³-hybridized carbons (Fsp3) is 0.133. The van der Waals surface area contributed by atoms with Crippen LogP contribution in [-0.4, -0.2) is 21.6 Å². The minimum atomic E-state index is -0.0565. The summed E-state index contributed by atoms with van der Waals surface area (Å²) in [6, 6.07) is 9.32. The van der Waals surface area contributed by atoms with Crippen LogP contribution in [0.3, 0.4) is 0 Å². The molecule has 6 heteroatoms. The summed E-state index contributed by atoms with van der Waals surface area (Å²) in [5, 5.41) is 3.57. The quantitative estimate of drug-likeness (QED) is 0.793. The van der Waals surface area contributed by atoms with Crippen molar-refractivity contribution < 1.29 is 0 Å². The number of pyridine rings is 1. The summed E-state index contributed by atoms with van der Waals surface area (Å²) >= 11 is 3.38. The number of fused-ring (bicyclic) bond motifs is 1. The van der Waals surface area contributed by atoms with Crippen LogP contribution in [0.5, 0.6) is 0 Å². The van der Waals surface area contributed by atoms with E-state index in [0.717, 1.165) is 15.9 Å². The Hall–Kier alpha value is -2.21. The van der Waals surface area contributed by atoms with E-state index in [1.165, 1.54) is 0 Å². The van der Waals surface area contributed by atoms with Gasteiger partial charge in [0, 0.05) is 17.7 Å². The molecule has 2 aromatic heterocycles. The lowest BCUT2D eigenvalue weighted by atomic mass is 10.2. The molecule has 0 aliphatic heterocycles. The minimum absolute atomic E-state index is 0.0565. The van der Waals surface area contributed by atoms with Gasteiger partial charge in [-0.1, -0.05) is 22.0 Å². The zero-order chi connectivity index (χ0) is 14.8. The van der Waals surface area contributed by atoms with E-state index in [1.54, 1.807) is 23.2 Å². The van der Waals surface area contributed by atoms with Crippen molar-refractivity contribution in [3.8, 4) is 0 Å². The van der Waals surface area contributed by atoms with Gasteiger partial charge in [-0.25, -0.2) is 9.97 Å². The number of nitrogens with one attached hydrogen (secondary N) is 1. The molecule has 0 unspecified atom stereocenters. The molecule has 1 aromatic carbocycles. The summed E-state index contributed by atoms with van der Waals surface area (Å²) in [5.74, 6) is 0.798. The Labute approximate surface area is 129 Å². The van der Waals surface area contributed by atoms with Gasteiger partial charge in [0.1, 0.15) is 5.82 Å². The number of aromatic nitrogens is 3. The van der Waals surface area contributed by atoms with Crippen molar-refractivity contribution in [1.82, 2.24) is 14.5 Å². The predicted molar refractivity (Wildman–Crippen MR) is 86.6 cm³/mol. The van der Waals surface area contributed by atoms with Gasteiger partial charge in [0.15, 0.2) is 0 Å². The lowest BCUT2D eigenvalue weighted by molar-refractivity contribution is 0.745. The maximum atomic E-state index is 12.5. The fourth-order valence-electron chi connectivity index (χ4n) is 2.11. The van der Waals surface area contributed by atoms with Crippen molar-refractivity contribution in [1.29, 1.82) is 0 Å². The topological polar surface area (TPSA) is 59.8 Å². The van der Waals surface area contributed by atoms with Gasteiger partial charge in [0.2, 0.25) is 0 Å². The summed E-state index contributed by atoms with van der Waals surface area (Å²) in [5.41, 5.74) is 1.59. The van der Waals surface area contributed by atoms with Crippen LogP contribution in [0.15, 0.2) is 52.1 Å². The van der Waals surface area contributed by atoms with Gasteiger partial charge >= 0.3 is 0 Å². The SMILES string of the molecule is CNc1ccc(Cn2cnc3ccc(Br)cc3c2=O)cn1. The van der Waals surface area contributed by atoms with Crippen LogP contribution < -0.4 is 10.9 Å². The van der Waals surface area contributed by atoms with Crippen LogP contribution in [0.1, 0.15) is 5.56 Å². The fourth-order valence-corrected chi connectivity index (χ4v) is 2.47. The molecule has 0 aliphatic rings. The van der Waals surface area contributed by atoms with E-state index in [4.69, 9.17) is 0 Å². The van der Waals surface area contributed by atoms with Crippen LogP contribution in [0, 0.1) is 0 Å². The van der Waals surface area contributed by atoms with Gasteiger partial charge in [0.05, 0.1) is 23.8 Å². The third-order valence-electron chi connectivity index (χ3n) is 3.22. The largest absolute Gasteiger partial charge is 0.373 e. The standard InChI is InChI=1S/C15H13BrN4O/c1-17-14-5-2-10(7-18-14)8-20-9-19-13-4-3-11(16)6-12(13)15(20)21/h2-7,9H,8H2,1H3,(H,17,18). The van der Waals surface area contributed by atoms with Crippen LogP contribution in [-0.2, 0) is 6.54 Å². The Morgan fingerprint density at radius 1 is 1.24 bits per heavy atom. The number of rotatable bonds is 3. The first-order valence-electron chi connectivity index (χ1n) is 6.45. The molecule has 0 saturated carbocycles. The third kappa shape index (κ3) is 2.80. The highest BCUT2D eigenvalue weighted by atomic mass is 79.9. The molecule has 0 bridgehead atoms. The van der Waals surface area contributed by atoms with Crippen molar-refractivity contribution in [3.63, 3.8) is 0 Å². The van der Waals surface area contributed by atoms with E-state index in [-0.39, 0.29) is 5.56 Å². The van der Waals surface area contributed by atoms with E-state index in [1.807, 2.05) is 31.3 Å². The molecular formula is C15H13BrN4O. The number of halogens is 1. The summed E-state index contributed by atoms with van der Waals surface area (Å²) in [7, 11) is 1.82. The first-order chi connectivity index (χ1) is 10.2. The zero-order valence-electron chi connectivity index (χ0n) is 11.4. The number of hydrogen-bond acceptors (Lipinski definition) is 4. The lowest BCUT2D eigenvalue weighted by Crippen LogP contribution is -2.21. The van der Waals surface area contributed by atoms with Crippen molar-refractivity contribution >= 4 is 32.7 Å². The number of nitrogens with zero attached hydrogens (tertiary/aromatic N) is 3. The molecule has 106 valence electrons. The second-order valence-corrected chi connectivity index (χ2v) is 5.56. The molecule has 1 N–H and O–H groups in total. The van der Waals surface area contributed by atoms with E-state index in [9.17, 15) is 4.79 Å². The normalized spacial score (nSPS) is 10.8. The number of hydrogen-bond donors (Lipinski definition) is 1. The zero-order valence-corrected chi connectivity index (χ0v) is 13.0. The van der Waals surface area contributed by atoms with E-state index in [2.05, 4.69) is 31.2 Å². The highest BCUT2D eigenvalue weighted by Crippen LogP contribution is 2.15. The molecule has 3 rings (SSSR count). The van der Waals surface area contributed by atoms with Crippen molar-refractivity contribution in [2.24, 2.45) is 0 Å². The van der Waals surface area contributed by atoms with Crippen molar-refractivity contribution in [2.45, 2.75) is 6.54 Å². The Balaban J connectivity index is 2.00. The lowest BCUT2D eigenvalue weighted by Gasteiger charge is -2.07. The van der Waals surface area contributed by atoms with Crippen molar-refractivity contribution in [3.05, 3.63) is 63.2 Å². The van der Waals surface area contributed by atoms with Crippen LogP contribution in [0.25, 0.3) is 10.9 Å². The Morgan fingerprint density at radius 2 is 2.10 bits per heavy atom. The number of anilines is 1.